The minimum absolute atomic E-state index is 0.0786. The Labute approximate surface area is 138 Å². The third kappa shape index (κ3) is 3.23. The molecule has 0 aliphatic rings. The Bertz CT molecular complexity index is 596. The van der Waals surface area contributed by atoms with Gasteiger partial charge in [0, 0.05) is 14.5 Å². The van der Waals surface area contributed by atoms with Crippen molar-refractivity contribution in [3.05, 3.63) is 62.0 Å². The largest absolute Gasteiger partial charge is 0.496 e. The van der Waals surface area contributed by atoms with E-state index in [0.29, 0.717) is 0 Å². The van der Waals surface area contributed by atoms with Crippen LogP contribution >= 0.6 is 47.8 Å². The molecule has 2 aromatic rings. The topological polar surface area (TPSA) is 9.23 Å². The molecule has 0 bridgehead atoms. The molecular formula is C15H13Br3O. The Morgan fingerprint density at radius 1 is 1.00 bits per heavy atom. The third-order valence-corrected chi connectivity index (χ3v) is 5.49. The molecule has 0 heterocycles. The zero-order valence-corrected chi connectivity index (χ0v) is 15.3. The van der Waals surface area contributed by atoms with Crippen molar-refractivity contribution >= 4 is 47.8 Å². The van der Waals surface area contributed by atoms with Crippen LogP contribution in [0.4, 0.5) is 0 Å². The minimum atomic E-state index is 0.0786. The van der Waals surface area contributed by atoms with Crippen molar-refractivity contribution in [1.82, 2.24) is 0 Å². The average molecular weight is 449 g/mol. The first-order valence-electron chi connectivity index (χ1n) is 5.77. The van der Waals surface area contributed by atoms with Crippen molar-refractivity contribution in [2.24, 2.45) is 0 Å². The summed E-state index contributed by atoms with van der Waals surface area (Å²) in [5.41, 5.74) is 3.48. The van der Waals surface area contributed by atoms with Crippen LogP contribution in [0.5, 0.6) is 5.75 Å². The lowest BCUT2D eigenvalue weighted by atomic mass is 10.0. The normalized spacial score (nSPS) is 12.3. The Morgan fingerprint density at radius 2 is 1.68 bits per heavy atom. The standard InChI is InChI=1S/C15H13Br3O/c1-9-7-13(17)11(8-12(9)16)15(18)10-5-3-4-6-14(10)19-2/h3-8,15H,1-2H3. The van der Waals surface area contributed by atoms with Crippen molar-refractivity contribution in [3.63, 3.8) is 0 Å². The highest BCUT2D eigenvalue weighted by Crippen LogP contribution is 2.41. The maximum absolute atomic E-state index is 5.42. The smallest absolute Gasteiger partial charge is 0.123 e. The molecule has 0 N–H and O–H groups in total. The van der Waals surface area contributed by atoms with Gasteiger partial charge in [-0.15, -0.1) is 0 Å². The predicted molar refractivity (Wildman–Crippen MR) is 90.3 cm³/mol. The monoisotopic (exact) mass is 446 g/mol. The second-order valence-corrected chi connectivity index (χ2v) is 6.85. The van der Waals surface area contributed by atoms with Crippen molar-refractivity contribution < 1.29 is 4.74 Å². The molecule has 0 aromatic heterocycles. The van der Waals surface area contributed by atoms with Gasteiger partial charge in [-0.3, -0.25) is 0 Å². The summed E-state index contributed by atoms with van der Waals surface area (Å²) in [5, 5.41) is 0. The molecule has 0 amide bonds. The van der Waals surface area contributed by atoms with Gasteiger partial charge in [0.1, 0.15) is 5.75 Å². The van der Waals surface area contributed by atoms with Crippen LogP contribution < -0.4 is 4.74 Å². The zero-order chi connectivity index (χ0) is 14.0. The van der Waals surface area contributed by atoms with E-state index in [2.05, 4.69) is 72.9 Å². The molecule has 4 heteroatoms. The lowest BCUT2D eigenvalue weighted by Crippen LogP contribution is -1.98. The van der Waals surface area contributed by atoms with Crippen LogP contribution in [0, 0.1) is 6.92 Å². The Kier molecular flexibility index (Phi) is 5.09. The van der Waals surface area contributed by atoms with E-state index in [-0.39, 0.29) is 4.83 Å². The molecule has 2 aromatic carbocycles. The van der Waals surface area contributed by atoms with E-state index in [1.54, 1.807) is 7.11 Å². The number of methoxy groups -OCH3 is 1. The predicted octanol–water partition coefficient (Wildman–Crippen LogP) is 6.01. The van der Waals surface area contributed by atoms with Gasteiger partial charge in [0.05, 0.1) is 11.9 Å². The van der Waals surface area contributed by atoms with Crippen LogP contribution in [0.3, 0.4) is 0 Å². The molecule has 0 saturated carbocycles. The van der Waals surface area contributed by atoms with Gasteiger partial charge < -0.3 is 4.74 Å². The summed E-state index contributed by atoms with van der Waals surface area (Å²) in [6.07, 6.45) is 0. The van der Waals surface area contributed by atoms with Gasteiger partial charge >= 0.3 is 0 Å². The van der Waals surface area contributed by atoms with Crippen molar-refractivity contribution in [1.29, 1.82) is 0 Å². The molecule has 2 rings (SSSR count). The van der Waals surface area contributed by atoms with Crippen LogP contribution in [0.15, 0.2) is 45.3 Å². The second-order valence-electron chi connectivity index (χ2n) is 4.23. The van der Waals surface area contributed by atoms with Crippen LogP contribution in [-0.2, 0) is 0 Å². The molecule has 0 radical (unpaired) electrons. The first-order chi connectivity index (χ1) is 9.04. The van der Waals surface area contributed by atoms with E-state index in [4.69, 9.17) is 4.74 Å². The maximum Gasteiger partial charge on any atom is 0.123 e. The summed E-state index contributed by atoms with van der Waals surface area (Å²) in [5.74, 6) is 0.882. The Balaban J connectivity index is 2.50. The number of alkyl halides is 1. The number of aryl methyl sites for hydroxylation is 1. The first-order valence-corrected chi connectivity index (χ1v) is 8.27. The molecule has 0 aliphatic carbocycles. The molecule has 1 atom stereocenters. The fraction of sp³-hybridized carbons (Fsp3) is 0.200. The summed E-state index contributed by atoms with van der Waals surface area (Å²) >= 11 is 11.0. The summed E-state index contributed by atoms with van der Waals surface area (Å²) in [4.78, 5) is 0.0786. The molecule has 100 valence electrons. The molecule has 0 spiro atoms. The lowest BCUT2D eigenvalue weighted by Gasteiger charge is -2.17. The number of para-hydroxylation sites is 1. The van der Waals surface area contributed by atoms with Gasteiger partial charge in [-0.2, -0.15) is 0 Å². The number of hydrogen-bond acceptors (Lipinski definition) is 1. The lowest BCUT2D eigenvalue weighted by molar-refractivity contribution is 0.410. The van der Waals surface area contributed by atoms with Gasteiger partial charge in [-0.1, -0.05) is 66.0 Å². The van der Waals surface area contributed by atoms with Crippen LogP contribution in [0.2, 0.25) is 0 Å². The average Bonchev–Trinajstić information content (AvgIpc) is 2.42. The van der Waals surface area contributed by atoms with Crippen molar-refractivity contribution in [3.8, 4) is 5.75 Å². The summed E-state index contributed by atoms with van der Waals surface area (Å²) in [6, 6.07) is 12.3. The van der Waals surface area contributed by atoms with E-state index < -0.39 is 0 Å². The number of rotatable bonds is 3. The van der Waals surface area contributed by atoms with E-state index in [9.17, 15) is 0 Å². The molecule has 1 nitrogen and oxygen atoms in total. The maximum atomic E-state index is 5.42. The summed E-state index contributed by atoms with van der Waals surface area (Å²) in [6.45, 7) is 2.07. The zero-order valence-electron chi connectivity index (χ0n) is 10.6. The highest BCUT2D eigenvalue weighted by atomic mass is 79.9. The SMILES string of the molecule is COc1ccccc1C(Br)c1cc(Br)c(C)cc1Br. The van der Waals surface area contributed by atoms with Crippen LogP contribution in [-0.4, -0.2) is 7.11 Å². The van der Waals surface area contributed by atoms with Crippen molar-refractivity contribution in [2.75, 3.05) is 7.11 Å². The second kappa shape index (κ2) is 6.42. The van der Waals surface area contributed by atoms with E-state index in [0.717, 1.165) is 20.3 Å². The quantitative estimate of drug-likeness (QED) is 0.522. The number of benzene rings is 2. The van der Waals surface area contributed by atoms with Gasteiger partial charge in [-0.25, -0.2) is 0 Å². The molecule has 0 fully saturated rings. The van der Waals surface area contributed by atoms with E-state index >= 15 is 0 Å². The highest BCUT2D eigenvalue weighted by Gasteiger charge is 2.18. The van der Waals surface area contributed by atoms with Gasteiger partial charge in [-0.05, 0) is 36.2 Å². The summed E-state index contributed by atoms with van der Waals surface area (Å²) < 4.78 is 7.61. The van der Waals surface area contributed by atoms with Gasteiger partial charge in [0.25, 0.3) is 0 Å². The van der Waals surface area contributed by atoms with Gasteiger partial charge in [0.15, 0.2) is 0 Å². The van der Waals surface area contributed by atoms with E-state index in [1.807, 2.05) is 18.2 Å². The van der Waals surface area contributed by atoms with Crippen molar-refractivity contribution in [2.45, 2.75) is 11.8 Å². The number of ether oxygens (including phenoxy) is 1. The van der Waals surface area contributed by atoms with E-state index in [1.165, 1.54) is 11.1 Å². The first kappa shape index (κ1) is 15.1. The third-order valence-electron chi connectivity index (χ3n) is 2.96. The fourth-order valence-electron chi connectivity index (χ4n) is 1.90. The van der Waals surface area contributed by atoms with Crippen LogP contribution in [0.1, 0.15) is 21.5 Å². The molecule has 19 heavy (non-hydrogen) atoms. The molecule has 0 aliphatic heterocycles. The van der Waals surface area contributed by atoms with Crippen LogP contribution in [0.25, 0.3) is 0 Å². The van der Waals surface area contributed by atoms with Gasteiger partial charge in [0.2, 0.25) is 0 Å². The molecule has 1 unspecified atom stereocenters. The number of hydrogen-bond donors (Lipinski definition) is 0. The highest BCUT2D eigenvalue weighted by molar-refractivity contribution is 9.11. The molecular weight excluding hydrogens is 436 g/mol. The minimum Gasteiger partial charge on any atom is -0.496 e. The summed E-state index contributed by atoms with van der Waals surface area (Å²) in [7, 11) is 1.69. The Hall–Kier alpha value is -0.320. The molecule has 0 saturated heterocycles. The Morgan fingerprint density at radius 3 is 2.37 bits per heavy atom. The fourth-order valence-corrected chi connectivity index (χ4v) is 4.01. The number of halogens is 3.